The summed E-state index contributed by atoms with van der Waals surface area (Å²) in [7, 11) is 0. The quantitative estimate of drug-likeness (QED) is 0.344. The largest absolute Gasteiger partial charge is 0.435 e. The molecule has 0 spiro atoms. The smallest absolute Gasteiger partial charge is 0.376 e. The molecule has 4 heterocycles. The zero-order chi connectivity index (χ0) is 24.1. The van der Waals surface area contributed by atoms with E-state index in [1.165, 1.54) is 6.92 Å². The maximum absolute atomic E-state index is 13.3. The molecule has 9 nitrogen and oxygen atoms in total. The lowest BCUT2D eigenvalue weighted by Crippen LogP contribution is -2.34. The van der Waals surface area contributed by atoms with Crippen LogP contribution in [0.25, 0.3) is 5.65 Å². The molecule has 1 aliphatic heterocycles. The predicted molar refractivity (Wildman–Crippen MR) is 98.3 cm³/mol. The number of hydrogen-bond donors (Lipinski definition) is 2. The van der Waals surface area contributed by atoms with Crippen LogP contribution in [0.15, 0.2) is 12.3 Å². The van der Waals surface area contributed by atoms with Crippen LogP contribution in [0.5, 0.6) is 0 Å². The van der Waals surface area contributed by atoms with Crippen LogP contribution in [0.3, 0.4) is 0 Å². The average Bonchev–Trinajstić information content (AvgIpc) is 3.28. The standard InChI is InChI=1S/C18H15F6N7O2/c1-8-4-12(17(19,20)21)31-16(27-8)9(5-26-31)15(25)28-13(32)6-30-11-2-3-33-7-10(11)14(29-30)18(22,23)24/h4-5H,2-3,6-7H2,1H3,(H2,25,28,32). The second-order valence-corrected chi connectivity index (χ2v) is 7.23. The molecule has 4 rings (SSSR count). The van der Waals surface area contributed by atoms with Crippen LogP contribution in [-0.2, 0) is 41.5 Å². The minimum atomic E-state index is -4.74. The number of nitrogens with zero attached hydrogens (tertiary/aromatic N) is 5. The number of ether oxygens (including phenoxy) is 1. The Kier molecular flexibility index (Phi) is 5.38. The number of amidine groups is 1. The molecule has 0 unspecified atom stereocenters. The first kappa shape index (κ1) is 22.7. The van der Waals surface area contributed by atoms with E-state index in [9.17, 15) is 31.1 Å². The van der Waals surface area contributed by atoms with Crippen molar-refractivity contribution < 1.29 is 35.9 Å². The van der Waals surface area contributed by atoms with Gasteiger partial charge in [0.25, 0.3) is 0 Å². The van der Waals surface area contributed by atoms with Crippen LogP contribution >= 0.6 is 0 Å². The number of amides is 1. The summed E-state index contributed by atoms with van der Waals surface area (Å²) in [5.41, 5.74) is -2.70. The summed E-state index contributed by atoms with van der Waals surface area (Å²) in [6.07, 6.45) is -8.43. The fourth-order valence-corrected chi connectivity index (χ4v) is 3.51. The monoisotopic (exact) mass is 475 g/mol. The fraction of sp³-hybridized carbons (Fsp3) is 0.389. The number of halogens is 6. The Balaban J connectivity index is 1.59. The SMILES string of the molecule is Cc1cc(C(F)(F)F)n2ncc(C(=N)NC(=O)Cn3nc(C(F)(F)F)c4c3CCOC4)c2n1. The summed E-state index contributed by atoms with van der Waals surface area (Å²) in [6, 6.07) is 0.786. The van der Waals surface area contributed by atoms with E-state index in [-0.39, 0.29) is 47.8 Å². The molecule has 33 heavy (non-hydrogen) atoms. The molecule has 0 radical (unpaired) electrons. The molecule has 0 aromatic carbocycles. The number of carbonyl (C=O) groups is 1. The third-order valence-electron chi connectivity index (χ3n) is 4.88. The van der Waals surface area contributed by atoms with Crippen LogP contribution in [0, 0.1) is 12.3 Å². The summed E-state index contributed by atoms with van der Waals surface area (Å²) >= 11 is 0. The number of aromatic nitrogens is 5. The first-order valence-corrected chi connectivity index (χ1v) is 9.41. The first-order chi connectivity index (χ1) is 15.4. The van der Waals surface area contributed by atoms with Crippen LogP contribution in [0.2, 0.25) is 0 Å². The Morgan fingerprint density at radius 3 is 2.64 bits per heavy atom. The maximum Gasteiger partial charge on any atom is 0.435 e. The van der Waals surface area contributed by atoms with Gasteiger partial charge < -0.3 is 10.1 Å². The van der Waals surface area contributed by atoms with Gasteiger partial charge in [0.05, 0.1) is 25.0 Å². The number of carbonyl (C=O) groups excluding carboxylic acids is 1. The highest BCUT2D eigenvalue weighted by Gasteiger charge is 2.40. The van der Waals surface area contributed by atoms with Gasteiger partial charge in [-0.1, -0.05) is 0 Å². The highest BCUT2D eigenvalue weighted by Crippen LogP contribution is 2.34. The molecule has 3 aromatic rings. The number of nitrogens with one attached hydrogen (secondary N) is 2. The van der Waals surface area contributed by atoms with Crippen LogP contribution < -0.4 is 5.32 Å². The number of fused-ring (bicyclic) bond motifs is 2. The summed E-state index contributed by atoms with van der Waals surface area (Å²) in [5, 5.41) is 17.3. The van der Waals surface area contributed by atoms with Gasteiger partial charge in [0, 0.05) is 23.4 Å². The Morgan fingerprint density at radius 2 is 1.97 bits per heavy atom. The highest BCUT2D eigenvalue weighted by molar-refractivity contribution is 6.09. The molecule has 0 saturated heterocycles. The van der Waals surface area contributed by atoms with E-state index in [0.717, 1.165) is 16.9 Å². The molecule has 0 fully saturated rings. The molecular weight excluding hydrogens is 460 g/mol. The molecule has 0 aliphatic carbocycles. The van der Waals surface area contributed by atoms with Gasteiger partial charge in [-0.25, -0.2) is 9.50 Å². The van der Waals surface area contributed by atoms with Gasteiger partial charge >= 0.3 is 12.4 Å². The van der Waals surface area contributed by atoms with E-state index in [1.807, 2.05) is 0 Å². The van der Waals surface area contributed by atoms with Gasteiger partial charge in [0.2, 0.25) is 5.91 Å². The Labute approximate surface area is 180 Å². The molecular formula is C18H15F6N7O2. The summed E-state index contributed by atoms with van der Waals surface area (Å²) < 4.78 is 86.1. The normalized spacial score (nSPS) is 14.4. The average molecular weight is 475 g/mol. The van der Waals surface area contributed by atoms with Gasteiger partial charge in [-0.15, -0.1) is 0 Å². The third kappa shape index (κ3) is 4.27. The highest BCUT2D eigenvalue weighted by atomic mass is 19.4. The van der Waals surface area contributed by atoms with Crippen molar-refractivity contribution in [3.8, 4) is 0 Å². The molecule has 0 atom stereocenters. The molecule has 0 bridgehead atoms. The number of alkyl halides is 6. The van der Waals surface area contributed by atoms with E-state index >= 15 is 0 Å². The molecule has 1 aliphatic rings. The topological polar surface area (TPSA) is 110 Å². The second kappa shape index (κ2) is 7.83. The minimum Gasteiger partial charge on any atom is -0.376 e. The summed E-state index contributed by atoms with van der Waals surface area (Å²) in [5.74, 6) is -1.50. The van der Waals surface area contributed by atoms with Gasteiger partial charge in [-0.3, -0.25) is 14.9 Å². The molecule has 1 amide bonds. The van der Waals surface area contributed by atoms with Crippen molar-refractivity contribution in [2.75, 3.05) is 6.61 Å². The van der Waals surface area contributed by atoms with Crippen molar-refractivity contribution >= 4 is 17.4 Å². The molecule has 176 valence electrons. The van der Waals surface area contributed by atoms with Crippen LogP contribution in [-0.4, -0.2) is 42.7 Å². The number of hydrogen-bond acceptors (Lipinski definition) is 6. The minimum absolute atomic E-state index is 0.0146. The van der Waals surface area contributed by atoms with Crippen molar-refractivity contribution in [1.29, 1.82) is 5.41 Å². The first-order valence-electron chi connectivity index (χ1n) is 9.41. The van der Waals surface area contributed by atoms with Gasteiger partial charge in [-0.05, 0) is 13.0 Å². The second-order valence-electron chi connectivity index (χ2n) is 7.23. The fourth-order valence-electron chi connectivity index (χ4n) is 3.51. The van der Waals surface area contributed by atoms with E-state index < -0.39 is 42.0 Å². The molecule has 0 saturated carbocycles. The van der Waals surface area contributed by atoms with Crippen molar-refractivity contribution in [1.82, 2.24) is 29.7 Å². The van der Waals surface area contributed by atoms with Crippen molar-refractivity contribution in [3.63, 3.8) is 0 Å². The van der Waals surface area contributed by atoms with Crippen LogP contribution in [0.4, 0.5) is 26.3 Å². The van der Waals surface area contributed by atoms with E-state index in [2.05, 4.69) is 20.5 Å². The molecule has 2 N–H and O–H groups in total. The Bertz CT molecular complexity index is 1260. The van der Waals surface area contributed by atoms with E-state index in [0.29, 0.717) is 4.52 Å². The summed E-state index contributed by atoms with van der Waals surface area (Å²) in [4.78, 5) is 16.4. The molecule has 3 aromatic heterocycles. The Hall–Kier alpha value is -3.49. The lowest BCUT2D eigenvalue weighted by molar-refractivity contribution is -0.143. The maximum atomic E-state index is 13.3. The van der Waals surface area contributed by atoms with Gasteiger partial charge in [0.15, 0.2) is 11.3 Å². The third-order valence-corrected chi connectivity index (χ3v) is 4.88. The van der Waals surface area contributed by atoms with Crippen molar-refractivity contribution in [2.24, 2.45) is 0 Å². The van der Waals surface area contributed by atoms with E-state index in [1.54, 1.807) is 0 Å². The lowest BCUT2D eigenvalue weighted by atomic mass is 10.1. The predicted octanol–water partition coefficient (Wildman–Crippen LogP) is 2.49. The van der Waals surface area contributed by atoms with Crippen molar-refractivity contribution in [3.05, 3.63) is 46.2 Å². The zero-order valence-corrected chi connectivity index (χ0v) is 16.8. The Morgan fingerprint density at radius 1 is 1.24 bits per heavy atom. The van der Waals surface area contributed by atoms with Crippen LogP contribution in [0.1, 0.15) is 33.9 Å². The number of aryl methyl sites for hydroxylation is 1. The molecule has 15 heteroatoms. The van der Waals surface area contributed by atoms with E-state index in [4.69, 9.17) is 10.1 Å². The summed E-state index contributed by atoms with van der Waals surface area (Å²) in [6.45, 7) is 0.552. The zero-order valence-electron chi connectivity index (χ0n) is 16.8. The lowest BCUT2D eigenvalue weighted by Gasteiger charge is -2.15. The van der Waals surface area contributed by atoms with Gasteiger partial charge in [-0.2, -0.15) is 36.5 Å². The van der Waals surface area contributed by atoms with Gasteiger partial charge in [0.1, 0.15) is 18.1 Å². The van der Waals surface area contributed by atoms with Crippen molar-refractivity contribution in [2.45, 2.75) is 38.8 Å². The number of rotatable bonds is 3.